The van der Waals surface area contributed by atoms with Crippen LogP contribution >= 0.6 is 0 Å². The van der Waals surface area contributed by atoms with Crippen molar-refractivity contribution in [2.45, 2.75) is 45.6 Å². The minimum absolute atomic E-state index is 0.0325. The fraction of sp³-hybridized carbons (Fsp3) is 0.360. The lowest BCUT2D eigenvalue weighted by Crippen LogP contribution is -2.23. The number of rotatable bonds is 6. The molecule has 0 spiro atoms. The summed E-state index contributed by atoms with van der Waals surface area (Å²) < 4.78 is 16.5. The SMILES string of the molecule is COC(=O)C1=C(C(C)(C)c2ccc(OC(C)C)c(OC)c2)Cc2cc(C#N)ccc21. The maximum Gasteiger partial charge on any atom is 0.338 e. The highest BCUT2D eigenvalue weighted by Gasteiger charge is 2.37. The molecule has 1 aliphatic rings. The van der Waals surface area contributed by atoms with Crippen molar-refractivity contribution < 1.29 is 19.0 Å². The first-order valence-corrected chi connectivity index (χ1v) is 9.93. The number of fused-ring (bicyclic) bond motifs is 1. The molecule has 0 amide bonds. The Hall–Kier alpha value is -3.26. The Balaban J connectivity index is 2.12. The van der Waals surface area contributed by atoms with Gasteiger partial charge in [0.05, 0.1) is 37.5 Å². The summed E-state index contributed by atoms with van der Waals surface area (Å²) in [4.78, 5) is 12.7. The monoisotopic (exact) mass is 405 g/mol. The van der Waals surface area contributed by atoms with Crippen LogP contribution in [0.15, 0.2) is 42.0 Å². The molecule has 30 heavy (non-hydrogen) atoms. The van der Waals surface area contributed by atoms with E-state index in [0.29, 0.717) is 29.1 Å². The maximum absolute atomic E-state index is 12.7. The fourth-order valence-electron chi connectivity index (χ4n) is 3.95. The molecule has 0 saturated heterocycles. The lowest BCUT2D eigenvalue weighted by atomic mass is 9.75. The predicted molar refractivity (Wildman–Crippen MR) is 116 cm³/mol. The molecule has 2 aromatic carbocycles. The first-order chi connectivity index (χ1) is 14.2. The van der Waals surface area contributed by atoms with Gasteiger partial charge in [-0.3, -0.25) is 0 Å². The summed E-state index contributed by atoms with van der Waals surface area (Å²) in [6, 6.07) is 13.5. The number of carbonyl (C=O) groups excluding carboxylic acids is 1. The second-order valence-corrected chi connectivity index (χ2v) is 8.16. The van der Waals surface area contributed by atoms with Crippen molar-refractivity contribution >= 4 is 11.5 Å². The smallest absolute Gasteiger partial charge is 0.338 e. The first kappa shape index (κ1) is 21.4. The van der Waals surface area contributed by atoms with Gasteiger partial charge >= 0.3 is 5.97 Å². The molecule has 3 rings (SSSR count). The number of ether oxygens (including phenoxy) is 3. The van der Waals surface area contributed by atoms with Crippen LogP contribution in [0.2, 0.25) is 0 Å². The molecule has 0 fully saturated rings. The molecule has 0 aliphatic heterocycles. The summed E-state index contributed by atoms with van der Waals surface area (Å²) in [7, 11) is 3.01. The molecule has 5 heteroatoms. The Morgan fingerprint density at radius 3 is 2.43 bits per heavy atom. The second-order valence-electron chi connectivity index (χ2n) is 8.16. The van der Waals surface area contributed by atoms with Gasteiger partial charge in [-0.2, -0.15) is 5.26 Å². The molecule has 1 aliphatic carbocycles. The molecule has 5 nitrogen and oxygen atoms in total. The van der Waals surface area contributed by atoms with E-state index in [1.807, 2.05) is 44.2 Å². The first-order valence-electron chi connectivity index (χ1n) is 9.93. The van der Waals surface area contributed by atoms with Gasteiger partial charge in [0.1, 0.15) is 0 Å². The van der Waals surface area contributed by atoms with Gasteiger partial charge in [-0.05, 0) is 66.8 Å². The summed E-state index contributed by atoms with van der Waals surface area (Å²) in [5.41, 5.74) is 4.43. The number of hydrogen-bond acceptors (Lipinski definition) is 5. The number of nitriles is 1. The highest BCUT2D eigenvalue weighted by molar-refractivity contribution is 6.19. The average molecular weight is 405 g/mol. The van der Waals surface area contributed by atoms with Crippen LogP contribution in [0.25, 0.3) is 5.57 Å². The Bertz CT molecular complexity index is 1060. The van der Waals surface area contributed by atoms with Crippen LogP contribution in [0, 0.1) is 11.3 Å². The number of allylic oxidation sites excluding steroid dienone is 1. The number of hydrogen-bond donors (Lipinski definition) is 0. The highest BCUT2D eigenvalue weighted by atomic mass is 16.5. The van der Waals surface area contributed by atoms with Crippen molar-refractivity contribution in [3.8, 4) is 17.6 Å². The van der Waals surface area contributed by atoms with E-state index < -0.39 is 5.41 Å². The summed E-state index contributed by atoms with van der Waals surface area (Å²) in [6.45, 7) is 8.10. The van der Waals surface area contributed by atoms with E-state index in [0.717, 1.165) is 22.3 Å². The normalized spacial score (nSPS) is 13.1. The van der Waals surface area contributed by atoms with Crippen molar-refractivity contribution in [1.29, 1.82) is 5.26 Å². The zero-order chi connectivity index (χ0) is 22.1. The average Bonchev–Trinajstić information content (AvgIpc) is 3.12. The van der Waals surface area contributed by atoms with Gasteiger partial charge in [0.2, 0.25) is 0 Å². The lowest BCUT2D eigenvalue weighted by molar-refractivity contribution is -0.133. The minimum Gasteiger partial charge on any atom is -0.493 e. The van der Waals surface area contributed by atoms with E-state index >= 15 is 0 Å². The van der Waals surface area contributed by atoms with Gasteiger partial charge in [0.15, 0.2) is 11.5 Å². The number of esters is 1. The Morgan fingerprint density at radius 1 is 1.10 bits per heavy atom. The molecular formula is C25H27NO4. The molecule has 0 saturated carbocycles. The van der Waals surface area contributed by atoms with Crippen LogP contribution in [0.4, 0.5) is 0 Å². The summed E-state index contributed by atoms with van der Waals surface area (Å²) in [5.74, 6) is 0.965. The summed E-state index contributed by atoms with van der Waals surface area (Å²) >= 11 is 0. The number of nitrogens with zero attached hydrogens (tertiary/aromatic N) is 1. The van der Waals surface area contributed by atoms with Crippen LogP contribution < -0.4 is 9.47 Å². The van der Waals surface area contributed by atoms with Gasteiger partial charge in [-0.25, -0.2) is 4.79 Å². The molecule has 0 N–H and O–H groups in total. The maximum atomic E-state index is 12.7. The second kappa shape index (κ2) is 8.23. The van der Waals surface area contributed by atoms with Crippen molar-refractivity contribution in [3.63, 3.8) is 0 Å². The van der Waals surface area contributed by atoms with E-state index in [-0.39, 0.29) is 12.1 Å². The molecular weight excluding hydrogens is 378 g/mol. The molecule has 0 aromatic heterocycles. The molecule has 0 atom stereocenters. The highest BCUT2D eigenvalue weighted by Crippen LogP contribution is 2.46. The molecule has 0 unspecified atom stereocenters. The van der Waals surface area contributed by atoms with E-state index in [4.69, 9.17) is 14.2 Å². The Kier molecular flexibility index (Phi) is 5.89. The zero-order valence-corrected chi connectivity index (χ0v) is 18.3. The third-order valence-electron chi connectivity index (χ3n) is 5.56. The third-order valence-corrected chi connectivity index (χ3v) is 5.56. The van der Waals surface area contributed by atoms with Gasteiger partial charge in [-0.1, -0.05) is 26.0 Å². The van der Waals surface area contributed by atoms with Gasteiger partial charge < -0.3 is 14.2 Å². The fourth-order valence-corrected chi connectivity index (χ4v) is 3.95. The van der Waals surface area contributed by atoms with Crippen LogP contribution in [0.1, 0.15) is 49.9 Å². The lowest BCUT2D eigenvalue weighted by Gasteiger charge is -2.29. The van der Waals surface area contributed by atoms with Crippen LogP contribution in [0.3, 0.4) is 0 Å². The Morgan fingerprint density at radius 2 is 1.83 bits per heavy atom. The van der Waals surface area contributed by atoms with E-state index in [1.165, 1.54) is 7.11 Å². The topological polar surface area (TPSA) is 68.6 Å². The quantitative estimate of drug-likeness (QED) is 0.645. The molecule has 0 bridgehead atoms. The zero-order valence-electron chi connectivity index (χ0n) is 18.3. The van der Waals surface area contributed by atoms with E-state index in [9.17, 15) is 10.1 Å². The number of carbonyl (C=O) groups is 1. The van der Waals surface area contributed by atoms with E-state index in [1.54, 1.807) is 13.2 Å². The standard InChI is InChI=1S/C25H27NO4/c1-15(2)30-21-10-8-18(13-22(21)28-5)25(3,4)20-12-17-11-16(14-26)7-9-19(17)23(20)24(27)29-6/h7-11,13,15H,12H2,1-6H3. The van der Waals surface area contributed by atoms with Gasteiger partial charge in [0, 0.05) is 5.41 Å². The minimum atomic E-state index is -0.473. The molecule has 0 heterocycles. The number of methoxy groups -OCH3 is 2. The summed E-state index contributed by atoms with van der Waals surface area (Å²) in [5, 5.41) is 9.26. The van der Waals surface area contributed by atoms with Crippen molar-refractivity contribution in [3.05, 3.63) is 64.2 Å². The van der Waals surface area contributed by atoms with Crippen LogP contribution in [-0.2, 0) is 21.4 Å². The van der Waals surface area contributed by atoms with Gasteiger partial charge in [0.25, 0.3) is 0 Å². The largest absolute Gasteiger partial charge is 0.493 e. The third kappa shape index (κ3) is 3.78. The molecule has 156 valence electrons. The van der Waals surface area contributed by atoms with Crippen LogP contribution in [0.5, 0.6) is 11.5 Å². The van der Waals surface area contributed by atoms with Crippen LogP contribution in [-0.4, -0.2) is 26.3 Å². The summed E-state index contributed by atoms with van der Waals surface area (Å²) in [6.07, 6.45) is 0.611. The molecule has 0 radical (unpaired) electrons. The van der Waals surface area contributed by atoms with Crippen molar-refractivity contribution in [2.75, 3.05) is 14.2 Å². The van der Waals surface area contributed by atoms with Gasteiger partial charge in [-0.15, -0.1) is 0 Å². The number of benzene rings is 2. The molecule has 2 aromatic rings. The van der Waals surface area contributed by atoms with Crippen molar-refractivity contribution in [1.82, 2.24) is 0 Å². The van der Waals surface area contributed by atoms with Crippen molar-refractivity contribution in [2.24, 2.45) is 0 Å². The van der Waals surface area contributed by atoms with E-state index in [2.05, 4.69) is 19.9 Å². The predicted octanol–water partition coefficient (Wildman–Crippen LogP) is 4.81. The Labute approximate surface area is 177 Å².